The monoisotopic (exact) mass is 362 g/mol. The average Bonchev–Trinajstić information content (AvgIpc) is 2.89. The fraction of sp³-hybridized carbons (Fsp3) is 0.588. The zero-order valence-electron chi connectivity index (χ0n) is 13.9. The lowest BCUT2D eigenvalue weighted by molar-refractivity contribution is -0.138. The van der Waals surface area contributed by atoms with Crippen molar-refractivity contribution < 1.29 is 26.7 Å². The third-order valence-corrected chi connectivity index (χ3v) is 5.24. The van der Waals surface area contributed by atoms with Crippen LogP contribution in [0.4, 0.5) is 22.0 Å². The second kappa shape index (κ2) is 5.93. The SMILES string of the molecule is CC(c1cc2c(c(C(F)(F)F)c1)CNC2=O)N1CCC(F)(F)[C@H](C)C1. The van der Waals surface area contributed by atoms with Crippen LogP contribution in [0.5, 0.6) is 0 Å². The molecule has 0 radical (unpaired) electrons. The Hall–Kier alpha value is -1.70. The third kappa shape index (κ3) is 3.23. The van der Waals surface area contributed by atoms with Gasteiger partial charge >= 0.3 is 6.18 Å². The van der Waals surface area contributed by atoms with Crippen molar-refractivity contribution in [2.24, 2.45) is 5.92 Å². The second-order valence-electron chi connectivity index (χ2n) is 6.86. The number of carbonyl (C=O) groups is 1. The second-order valence-corrected chi connectivity index (χ2v) is 6.86. The van der Waals surface area contributed by atoms with Gasteiger partial charge in [0.1, 0.15) is 0 Å². The molecule has 0 saturated carbocycles. The number of rotatable bonds is 2. The maximum Gasteiger partial charge on any atom is 0.416 e. The van der Waals surface area contributed by atoms with Gasteiger partial charge in [-0.15, -0.1) is 0 Å². The predicted molar refractivity (Wildman–Crippen MR) is 81.3 cm³/mol. The molecule has 1 aromatic rings. The van der Waals surface area contributed by atoms with Crippen LogP contribution in [0.15, 0.2) is 12.1 Å². The molecule has 1 fully saturated rings. The molecule has 3 nitrogen and oxygen atoms in total. The molecule has 0 bridgehead atoms. The maximum absolute atomic E-state index is 13.7. The van der Waals surface area contributed by atoms with Crippen molar-refractivity contribution in [3.8, 4) is 0 Å². The molecule has 2 aliphatic heterocycles. The van der Waals surface area contributed by atoms with Crippen LogP contribution in [0.1, 0.15) is 53.4 Å². The van der Waals surface area contributed by atoms with E-state index in [1.54, 1.807) is 11.8 Å². The molecule has 0 spiro atoms. The largest absolute Gasteiger partial charge is 0.416 e. The van der Waals surface area contributed by atoms with E-state index >= 15 is 0 Å². The smallest absolute Gasteiger partial charge is 0.348 e. The number of fused-ring (bicyclic) bond motifs is 1. The number of hydrogen-bond acceptors (Lipinski definition) is 2. The molecule has 2 atom stereocenters. The van der Waals surface area contributed by atoms with Crippen molar-refractivity contribution >= 4 is 5.91 Å². The molecular formula is C17H19F5N2O. The van der Waals surface area contributed by atoms with Crippen molar-refractivity contribution in [1.29, 1.82) is 0 Å². The number of piperidine rings is 1. The molecule has 8 heteroatoms. The van der Waals surface area contributed by atoms with Crippen LogP contribution in [0.2, 0.25) is 0 Å². The van der Waals surface area contributed by atoms with E-state index in [1.807, 2.05) is 0 Å². The summed E-state index contributed by atoms with van der Waals surface area (Å²) in [5.41, 5.74) is -0.541. The zero-order chi connectivity index (χ0) is 18.6. The molecule has 1 unspecified atom stereocenters. The van der Waals surface area contributed by atoms with Gasteiger partial charge in [0.05, 0.1) is 5.56 Å². The number of alkyl halides is 5. The number of benzene rings is 1. The first kappa shape index (κ1) is 18.1. The van der Waals surface area contributed by atoms with Crippen molar-refractivity contribution in [2.45, 2.75) is 45.0 Å². The Balaban J connectivity index is 1.95. The van der Waals surface area contributed by atoms with E-state index in [9.17, 15) is 26.7 Å². The number of nitrogens with one attached hydrogen (secondary N) is 1. The summed E-state index contributed by atoms with van der Waals surface area (Å²) < 4.78 is 67.4. The first-order chi connectivity index (χ1) is 11.5. The minimum Gasteiger partial charge on any atom is -0.348 e. The van der Waals surface area contributed by atoms with E-state index in [0.29, 0.717) is 5.56 Å². The maximum atomic E-state index is 13.7. The van der Waals surface area contributed by atoms with E-state index < -0.39 is 35.5 Å². The minimum absolute atomic E-state index is 0.0204. The first-order valence-corrected chi connectivity index (χ1v) is 8.15. The van der Waals surface area contributed by atoms with Gasteiger partial charge in [0.15, 0.2) is 0 Å². The molecule has 3 rings (SSSR count). The Morgan fingerprint density at radius 3 is 2.60 bits per heavy atom. The summed E-state index contributed by atoms with van der Waals surface area (Å²) >= 11 is 0. The van der Waals surface area contributed by atoms with E-state index in [0.717, 1.165) is 6.07 Å². The summed E-state index contributed by atoms with van der Waals surface area (Å²) in [6, 6.07) is 2.01. The van der Waals surface area contributed by atoms with Crippen molar-refractivity contribution in [1.82, 2.24) is 10.2 Å². The lowest BCUT2D eigenvalue weighted by Crippen LogP contribution is -2.46. The summed E-state index contributed by atoms with van der Waals surface area (Å²) in [5, 5.41) is 2.41. The average molecular weight is 362 g/mol. The summed E-state index contributed by atoms with van der Waals surface area (Å²) in [6.45, 7) is 3.17. The molecular weight excluding hydrogens is 343 g/mol. The summed E-state index contributed by atoms with van der Waals surface area (Å²) in [7, 11) is 0. The lowest BCUT2D eigenvalue weighted by Gasteiger charge is -2.40. The Kier molecular flexibility index (Phi) is 4.29. The summed E-state index contributed by atoms with van der Waals surface area (Å²) in [6.07, 6.45) is -4.90. The van der Waals surface area contributed by atoms with Gasteiger partial charge in [0.25, 0.3) is 11.8 Å². The van der Waals surface area contributed by atoms with E-state index in [2.05, 4.69) is 5.32 Å². The predicted octanol–water partition coefficient (Wildman–Crippen LogP) is 3.99. The van der Waals surface area contributed by atoms with Crippen molar-refractivity contribution in [3.05, 3.63) is 34.4 Å². The standard InChI is InChI=1S/C17H19F5N2O/c1-9-8-24(4-3-16(9,18)19)10(2)11-5-12-13(7-23-15(12)25)14(6-11)17(20,21)22/h5-6,9-10H,3-4,7-8H2,1-2H3,(H,23,25)/t9-,10?/m1/s1. The van der Waals surface area contributed by atoms with Crippen molar-refractivity contribution in [3.63, 3.8) is 0 Å². The highest BCUT2D eigenvalue weighted by molar-refractivity contribution is 5.99. The minimum atomic E-state index is -4.58. The van der Waals surface area contributed by atoms with Gasteiger partial charge in [-0.05, 0) is 30.2 Å². The van der Waals surface area contributed by atoms with Gasteiger partial charge in [0.2, 0.25) is 0 Å². The molecule has 0 aromatic heterocycles. The summed E-state index contributed by atoms with van der Waals surface area (Å²) in [5.74, 6) is -4.16. The number of halogens is 5. The van der Waals surface area contributed by atoms with Crippen LogP contribution in [0.3, 0.4) is 0 Å². The summed E-state index contributed by atoms with van der Waals surface area (Å²) in [4.78, 5) is 13.6. The number of carbonyl (C=O) groups excluding carboxylic acids is 1. The molecule has 138 valence electrons. The Morgan fingerprint density at radius 1 is 1.32 bits per heavy atom. The van der Waals surface area contributed by atoms with E-state index in [-0.39, 0.29) is 37.2 Å². The molecule has 1 N–H and O–H groups in total. The van der Waals surface area contributed by atoms with Crippen LogP contribution >= 0.6 is 0 Å². The number of hydrogen-bond donors (Lipinski definition) is 1. The number of amides is 1. The highest BCUT2D eigenvalue weighted by atomic mass is 19.4. The first-order valence-electron chi connectivity index (χ1n) is 8.15. The van der Waals surface area contributed by atoms with Crippen LogP contribution in [0.25, 0.3) is 0 Å². The van der Waals surface area contributed by atoms with E-state index in [1.165, 1.54) is 13.0 Å². The normalized spacial score (nSPS) is 24.8. The Morgan fingerprint density at radius 2 is 2.00 bits per heavy atom. The Labute approximate surface area is 142 Å². The van der Waals surface area contributed by atoms with E-state index in [4.69, 9.17) is 0 Å². The Bertz CT molecular complexity index is 701. The van der Waals surface area contributed by atoms with Crippen LogP contribution in [0, 0.1) is 5.92 Å². The lowest BCUT2D eigenvalue weighted by atomic mass is 9.91. The molecule has 25 heavy (non-hydrogen) atoms. The van der Waals surface area contributed by atoms with Gasteiger partial charge in [-0.25, -0.2) is 8.78 Å². The highest BCUT2D eigenvalue weighted by Gasteiger charge is 2.43. The fourth-order valence-corrected chi connectivity index (χ4v) is 3.52. The molecule has 1 aromatic carbocycles. The van der Waals surface area contributed by atoms with Gasteiger partial charge < -0.3 is 5.32 Å². The van der Waals surface area contributed by atoms with Crippen molar-refractivity contribution in [2.75, 3.05) is 13.1 Å². The topological polar surface area (TPSA) is 32.3 Å². The van der Waals surface area contributed by atoms with Crippen LogP contribution in [-0.2, 0) is 12.7 Å². The molecule has 1 saturated heterocycles. The fourth-order valence-electron chi connectivity index (χ4n) is 3.52. The van der Waals surface area contributed by atoms with Crippen LogP contribution in [-0.4, -0.2) is 29.8 Å². The van der Waals surface area contributed by atoms with Gasteiger partial charge in [-0.3, -0.25) is 9.69 Å². The highest BCUT2D eigenvalue weighted by Crippen LogP contribution is 2.40. The zero-order valence-corrected chi connectivity index (χ0v) is 13.9. The number of likely N-dealkylation sites (tertiary alicyclic amines) is 1. The third-order valence-electron chi connectivity index (χ3n) is 5.24. The van der Waals surface area contributed by atoms with Gasteiger partial charge in [0, 0.05) is 43.6 Å². The molecule has 2 heterocycles. The van der Waals surface area contributed by atoms with Crippen LogP contribution < -0.4 is 5.32 Å². The molecule has 2 aliphatic rings. The molecule has 0 aliphatic carbocycles. The number of nitrogens with zero attached hydrogens (tertiary/aromatic N) is 1. The molecule has 1 amide bonds. The van der Waals surface area contributed by atoms with Gasteiger partial charge in [-0.1, -0.05) is 6.92 Å². The quantitative estimate of drug-likeness (QED) is 0.807. The van der Waals surface area contributed by atoms with Gasteiger partial charge in [-0.2, -0.15) is 13.2 Å².